The van der Waals surface area contributed by atoms with E-state index in [2.05, 4.69) is 0 Å². The molecule has 2 aliphatic carbocycles. The molecular weight excluding hydrogens is 231 g/mol. The van der Waals surface area contributed by atoms with E-state index in [-0.39, 0.29) is 11.7 Å². The summed E-state index contributed by atoms with van der Waals surface area (Å²) in [7, 11) is 1.52. The first-order chi connectivity index (χ1) is 8.70. The second kappa shape index (κ2) is 4.54. The molecule has 2 fully saturated rings. The lowest BCUT2D eigenvalue weighted by Crippen LogP contribution is -2.18. The molecule has 0 saturated heterocycles. The van der Waals surface area contributed by atoms with E-state index in [1.54, 1.807) is 12.1 Å². The number of ether oxygens (including phenoxy) is 1. The predicted octanol–water partition coefficient (Wildman–Crippen LogP) is 3.30. The van der Waals surface area contributed by atoms with Crippen LogP contribution in [0, 0.1) is 23.6 Å². The zero-order chi connectivity index (χ0) is 12.7. The number of benzene rings is 1. The highest BCUT2D eigenvalue weighted by Crippen LogP contribution is 2.54. The van der Waals surface area contributed by atoms with E-state index in [0.717, 1.165) is 0 Å². The molecule has 0 spiro atoms. The summed E-state index contributed by atoms with van der Waals surface area (Å²) in [5, 5.41) is 10.5. The Bertz CT molecular complexity index is 426. The van der Waals surface area contributed by atoms with Gasteiger partial charge in [-0.15, -0.1) is 0 Å². The maximum atomic E-state index is 14.0. The molecule has 0 bridgehead atoms. The van der Waals surface area contributed by atoms with Gasteiger partial charge in [0, 0.05) is 11.6 Å². The summed E-state index contributed by atoms with van der Waals surface area (Å²) >= 11 is 0. The number of halogens is 1. The van der Waals surface area contributed by atoms with Crippen molar-refractivity contribution in [2.45, 2.75) is 31.8 Å². The van der Waals surface area contributed by atoms with Gasteiger partial charge >= 0.3 is 0 Å². The molecule has 2 nitrogen and oxygen atoms in total. The molecular formula is C15H19FO2. The van der Waals surface area contributed by atoms with Gasteiger partial charge in [-0.1, -0.05) is 0 Å². The number of aliphatic hydroxyl groups is 1. The van der Waals surface area contributed by atoms with Crippen molar-refractivity contribution in [1.29, 1.82) is 0 Å². The average molecular weight is 250 g/mol. The lowest BCUT2D eigenvalue weighted by Gasteiger charge is -2.23. The molecule has 18 heavy (non-hydrogen) atoms. The Morgan fingerprint density at radius 1 is 1.22 bits per heavy atom. The first-order valence-electron chi connectivity index (χ1n) is 6.72. The fraction of sp³-hybridized carbons (Fsp3) is 0.600. The van der Waals surface area contributed by atoms with Crippen molar-refractivity contribution >= 4 is 0 Å². The Balaban J connectivity index is 1.83. The van der Waals surface area contributed by atoms with Crippen molar-refractivity contribution < 1.29 is 14.2 Å². The first-order valence-corrected chi connectivity index (χ1v) is 6.72. The Kier molecular flexibility index (Phi) is 3.02. The lowest BCUT2D eigenvalue weighted by molar-refractivity contribution is 0.0788. The normalized spacial score (nSPS) is 21.1. The molecule has 1 aromatic carbocycles. The first kappa shape index (κ1) is 12.0. The van der Waals surface area contributed by atoms with Gasteiger partial charge in [0.25, 0.3) is 0 Å². The molecule has 0 heterocycles. The molecule has 1 aromatic rings. The van der Waals surface area contributed by atoms with E-state index >= 15 is 0 Å². The summed E-state index contributed by atoms with van der Waals surface area (Å²) in [4.78, 5) is 0. The highest BCUT2D eigenvalue weighted by atomic mass is 19.1. The molecule has 2 saturated carbocycles. The molecule has 3 rings (SSSR count). The van der Waals surface area contributed by atoms with Gasteiger partial charge < -0.3 is 9.84 Å². The minimum Gasteiger partial charge on any atom is -0.497 e. The third-order valence-electron chi connectivity index (χ3n) is 4.22. The van der Waals surface area contributed by atoms with Gasteiger partial charge in [-0.3, -0.25) is 0 Å². The van der Waals surface area contributed by atoms with Gasteiger partial charge in [-0.2, -0.15) is 0 Å². The number of methoxy groups -OCH3 is 1. The zero-order valence-corrected chi connectivity index (χ0v) is 10.6. The minimum absolute atomic E-state index is 0.257. The second-order valence-electron chi connectivity index (χ2n) is 5.58. The van der Waals surface area contributed by atoms with E-state index in [0.29, 0.717) is 23.1 Å². The summed E-state index contributed by atoms with van der Waals surface area (Å²) in [6.45, 7) is 0. The largest absolute Gasteiger partial charge is 0.497 e. The van der Waals surface area contributed by atoms with Crippen LogP contribution < -0.4 is 4.74 Å². The quantitative estimate of drug-likeness (QED) is 0.868. The molecule has 0 amide bonds. The van der Waals surface area contributed by atoms with E-state index in [9.17, 15) is 9.50 Å². The van der Waals surface area contributed by atoms with Crippen LogP contribution in [0.15, 0.2) is 18.2 Å². The van der Waals surface area contributed by atoms with Crippen LogP contribution in [0.4, 0.5) is 4.39 Å². The van der Waals surface area contributed by atoms with Gasteiger partial charge in [0.15, 0.2) is 0 Å². The lowest BCUT2D eigenvalue weighted by atomic mass is 9.87. The molecule has 2 aliphatic rings. The third kappa shape index (κ3) is 2.24. The summed E-state index contributed by atoms with van der Waals surface area (Å²) in [6.07, 6.45) is 4.11. The fourth-order valence-corrected chi connectivity index (χ4v) is 2.94. The standard InChI is InChI=1S/C15H19FO2/c1-18-11-6-7-12(13(16)8-11)15(17)14(9-2-3-9)10-4-5-10/h6-10,14-15,17H,2-5H2,1H3. The molecule has 98 valence electrons. The molecule has 0 aromatic heterocycles. The predicted molar refractivity (Wildman–Crippen MR) is 66.8 cm³/mol. The number of rotatable bonds is 5. The smallest absolute Gasteiger partial charge is 0.132 e. The van der Waals surface area contributed by atoms with E-state index < -0.39 is 6.10 Å². The van der Waals surface area contributed by atoms with Crippen molar-refractivity contribution in [3.05, 3.63) is 29.6 Å². The van der Waals surface area contributed by atoms with Crippen LogP contribution in [-0.2, 0) is 0 Å². The van der Waals surface area contributed by atoms with Gasteiger partial charge in [-0.05, 0) is 55.6 Å². The zero-order valence-electron chi connectivity index (χ0n) is 10.6. The molecule has 1 N–H and O–H groups in total. The highest BCUT2D eigenvalue weighted by molar-refractivity contribution is 5.31. The molecule has 0 radical (unpaired) electrons. The molecule has 1 unspecified atom stereocenters. The number of hydrogen-bond acceptors (Lipinski definition) is 2. The number of aliphatic hydroxyl groups excluding tert-OH is 1. The van der Waals surface area contributed by atoms with Gasteiger partial charge in [0.05, 0.1) is 13.2 Å². The van der Waals surface area contributed by atoms with Gasteiger partial charge in [0.2, 0.25) is 0 Å². The summed E-state index contributed by atoms with van der Waals surface area (Å²) in [5.41, 5.74) is 0.430. The van der Waals surface area contributed by atoms with Gasteiger partial charge in [0.1, 0.15) is 11.6 Å². The van der Waals surface area contributed by atoms with Crippen LogP contribution in [-0.4, -0.2) is 12.2 Å². The van der Waals surface area contributed by atoms with Crippen LogP contribution in [0.3, 0.4) is 0 Å². The summed E-state index contributed by atoms with van der Waals surface area (Å²) < 4.78 is 19.0. The van der Waals surface area contributed by atoms with E-state index in [1.165, 1.54) is 38.9 Å². The topological polar surface area (TPSA) is 29.5 Å². The fourth-order valence-electron chi connectivity index (χ4n) is 2.94. The summed E-state index contributed by atoms with van der Waals surface area (Å²) in [6, 6.07) is 4.74. The molecule has 3 heteroatoms. The van der Waals surface area contributed by atoms with Crippen LogP contribution >= 0.6 is 0 Å². The average Bonchev–Trinajstić information content (AvgIpc) is 3.23. The van der Waals surface area contributed by atoms with Gasteiger partial charge in [-0.25, -0.2) is 4.39 Å². The van der Waals surface area contributed by atoms with Crippen molar-refractivity contribution in [3.8, 4) is 5.75 Å². The Labute approximate surface area is 107 Å². The van der Waals surface area contributed by atoms with E-state index in [1.807, 2.05) is 0 Å². The van der Waals surface area contributed by atoms with Crippen LogP contribution in [0.5, 0.6) is 5.75 Å². The maximum absolute atomic E-state index is 14.0. The Morgan fingerprint density at radius 2 is 1.83 bits per heavy atom. The van der Waals surface area contributed by atoms with Crippen molar-refractivity contribution in [2.75, 3.05) is 7.11 Å². The highest BCUT2D eigenvalue weighted by Gasteiger charge is 2.45. The monoisotopic (exact) mass is 250 g/mol. The summed E-state index contributed by atoms with van der Waals surface area (Å²) in [5.74, 6) is 1.61. The molecule has 1 atom stereocenters. The maximum Gasteiger partial charge on any atom is 0.132 e. The van der Waals surface area contributed by atoms with Crippen LogP contribution in [0.1, 0.15) is 37.4 Å². The van der Waals surface area contributed by atoms with Crippen molar-refractivity contribution in [1.82, 2.24) is 0 Å². The third-order valence-corrected chi connectivity index (χ3v) is 4.22. The molecule has 0 aliphatic heterocycles. The minimum atomic E-state index is -0.657. The van der Waals surface area contributed by atoms with Crippen molar-refractivity contribution in [3.63, 3.8) is 0 Å². The van der Waals surface area contributed by atoms with Crippen LogP contribution in [0.2, 0.25) is 0 Å². The SMILES string of the molecule is COc1ccc(C(O)C(C2CC2)C2CC2)c(F)c1. The second-order valence-corrected chi connectivity index (χ2v) is 5.58. The Hall–Kier alpha value is -1.09. The number of hydrogen-bond donors (Lipinski definition) is 1. The van der Waals surface area contributed by atoms with Crippen LogP contribution in [0.25, 0.3) is 0 Å². The van der Waals surface area contributed by atoms with Crippen molar-refractivity contribution in [2.24, 2.45) is 17.8 Å². The Morgan fingerprint density at radius 3 is 2.28 bits per heavy atom. The van der Waals surface area contributed by atoms with E-state index in [4.69, 9.17) is 4.74 Å².